The lowest BCUT2D eigenvalue weighted by Crippen LogP contribution is -2.13. The number of para-hydroxylation sites is 2. The summed E-state index contributed by atoms with van der Waals surface area (Å²) >= 11 is 1.23. The highest BCUT2D eigenvalue weighted by molar-refractivity contribution is 7.99. The Morgan fingerprint density at radius 1 is 1.40 bits per heavy atom. The van der Waals surface area contributed by atoms with Gasteiger partial charge >= 0.3 is 0 Å². The molecular weight excluding hydrogens is 278 g/mol. The Morgan fingerprint density at radius 2 is 2.25 bits per heavy atom. The van der Waals surface area contributed by atoms with Crippen LogP contribution in [-0.4, -0.2) is 21.8 Å². The normalized spacial score (nSPS) is 10.8. The van der Waals surface area contributed by atoms with Gasteiger partial charge in [0.2, 0.25) is 11.8 Å². The number of carbonyl (C=O) groups is 1. The quantitative estimate of drug-likeness (QED) is 0.744. The number of thioether (sulfide) groups is 1. The predicted molar refractivity (Wildman–Crippen MR) is 74.6 cm³/mol. The minimum Gasteiger partial charge on any atom is -0.431 e. The Kier molecular flexibility index (Phi) is 3.42. The minimum absolute atomic E-state index is 0.187. The van der Waals surface area contributed by atoms with E-state index in [-0.39, 0.29) is 11.7 Å². The Balaban J connectivity index is 1.59. The molecule has 1 aromatic carbocycles. The van der Waals surface area contributed by atoms with Gasteiger partial charge in [-0.25, -0.2) is 4.98 Å². The van der Waals surface area contributed by atoms with E-state index in [2.05, 4.69) is 15.5 Å². The van der Waals surface area contributed by atoms with Gasteiger partial charge in [0.1, 0.15) is 5.52 Å². The van der Waals surface area contributed by atoms with Crippen LogP contribution in [0.5, 0.6) is 0 Å². The first kappa shape index (κ1) is 12.7. The molecule has 3 aromatic rings. The average Bonchev–Trinajstić information content (AvgIpc) is 3.02. The number of aryl methyl sites for hydroxylation is 1. The highest BCUT2D eigenvalue weighted by Gasteiger charge is 2.10. The molecule has 7 heteroatoms. The number of rotatable bonds is 4. The first-order valence-electron chi connectivity index (χ1n) is 5.92. The molecule has 2 heterocycles. The standard InChI is InChI=1S/C13H11N3O3S/c1-8-6-12(19-16-8)15-11(17)7-20-13-14-9-4-2-3-5-10(9)18-13/h2-6H,7H2,1H3,(H,15,17). The minimum atomic E-state index is -0.201. The van der Waals surface area contributed by atoms with Crippen molar-refractivity contribution in [2.24, 2.45) is 0 Å². The zero-order valence-electron chi connectivity index (χ0n) is 10.6. The smallest absolute Gasteiger partial charge is 0.257 e. The Labute approximate surface area is 118 Å². The van der Waals surface area contributed by atoms with Crippen molar-refractivity contribution in [1.29, 1.82) is 0 Å². The third kappa shape index (κ3) is 2.83. The first-order valence-corrected chi connectivity index (χ1v) is 6.91. The number of hydrogen-bond donors (Lipinski definition) is 1. The van der Waals surface area contributed by atoms with Gasteiger partial charge in [-0.3, -0.25) is 10.1 Å². The second-order valence-electron chi connectivity index (χ2n) is 4.12. The van der Waals surface area contributed by atoms with E-state index in [9.17, 15) is 4.79 Å². The van der Waals surface area contributed by atoms with E-state index in [4.69, 9.17) is 8.94 Å². The van der Waals surface area contributed by atoms with Crippen LogP contribution in [0.1, 0.15) is 5.69 Å². The van der Waals surface area contributed by atoms with E-state index in [1.807, 2.05) is 24.3 Å². The van der Waals surface area contributed by atoms with Crippen molar-refractivity contribution in [2.45, 2.75) is 12.1 Å². The van der Waals surface area contributed by atoms with Crippen molar-refractivity contribution < 1.29 is 13.7 Å². The molecule has 2 aromatic heterocycles. The monoisotopic (exact) mass is 289 g/mol. The van der Waals surface area contributed by atoms with Crippen LogP contribution >= 0.6 is 11.8 Å². The summed E-state index contributed by atoms with van der Waals surface area (Å²) < 4.78 is 10.4. The number of amides is 1. The molecule has 6 nitrogen and oxygen atoms in total. The van der Waals surface area contributed by atoms with Gasteiger partial charge in [-0.2, -0.15) is 0 Å². The van der Waals surface area contributed by atoms with Crippen LogP contribution < -0.4 is 5.32 Å². The molecule has 3 rings (SSSR count). The average molecular weight is 289 g/mol. The van der Waals surface area contributed by atoms with Crippen LogP contribution in [0.2, 0.25) is 0 Å². The molecule has 102 valence electrons. The third-order valence-corrected chi connectivity index (χ3v) is 3.32. The Hall–Kier alpha value is -2.28. The van der Waals surface area contributed by atoms with E-state index in [1.54, 1.807) is 13.0 Å². The maximum atomic E-state index is 11.7. The molecule has 0 spiro atoms. The van der Waals surface area contributed by atoms with Crippen LogP contribution in [0, 0.1) is 6.92 Å². The zero-order valence-corrected chi connectivity index (χ0v) is 11.4. The molecular formula is C13H11N3O3S. The van der Waals surface area contributed by atoms with E-state index in [0.29, 0.717) is 22.4 Å². The topological polar surface area (TPSA) is 81.2 Å². The van der Waals surface area contributed by atoms with Gasteiger partial charge < -0.3 is 8.94 Å². The van der Waals surface area contributed by atoms with Gasteiger partial charge in [0, 0.05) is 6.07 Å². The molecule has 0 fully saturated rings. The summed E-state index contributed by atoms with van der Waals surface area (Å²) in [4.78, 5) is 16.0. The Bertz CT molecular complexity index is 717. The number of benzene rings is 1. The fraction of sp³-hybridized carbons (Fsp3) is 0.154. The van der Waals surface area contributed by atoms with Crippen molar-refractivity contribution in [2.75, 3.05) is 11.1 Å². The predicted octanol–water partition coefficient (Wildman–Crippen LogP) is 2.86. The molecule has 0 aliphatic heterocycles. The van der Waals surface area contributed by atoms with Crippen LogP contribution in [0.25, 0.3) is 11.1 Å². The van der Waals surface area contributed by atoms with Crippen LogP contribution in [0.15, 0.2) is 44.5 Å². The van der Waals surface area contributed by atoms with Crippen LogP contribution in [-0.2, 0) is 4.79 Å². The number of hydrogen-bond acceptors (Lipinski definition) is 6. The molecule has 0 radical (unpaired) electrons. The van der Waals surface area contributed by atoms with Gasteiger partial charge in [-0.05, 0) is 19.1 Å². The summed E-state index contributed by atoms with van der Waals surface area (Å²) in [7, 11) is 0. The first-order chi connectivity index (χ1) is 9.70. The van der Waals surface area contributed by atoms with Gasteiger partial charge in [-0.1, -0.05) is 29.1 Å². The molecule has 0 aliphatic rings. The summed E-state index contributed by atoms with van der Waals surface area (Å²) in [5.74, 6) is 0.325. The molecule has 20 heavy (non-hydrogen) atoms. The second kappa shape index (κ2) is 5.38. The molecule has 0 saturated carbocycles. The lowest BCUT2D eigenvalue weighted by atomic mass is 10.3. The fourth-order valence-electron chi connectivity index (χ4n) is 1.64. The summed E-state index contributed by atoms with van der Waals surface area (Å²) in [5.41, 5.74) is 2.20. The highest BCUT2D eigenvalue weighted by Crippen LogP contribution is 2.23. The molecule has 1 amide bonds. The van der Waals surface area contributed by atoms with E-state index in [1.165, 1.54) is 11.8 Å². The molecule has 0 bridgehead atoms. The van der Waals surface area contributed by atoms with Crippen molar-refractivity contribution >= 4 is 34.7 Å². The summed E-state index contributed by atoms with van der Waals surface area (Å²) in [6.45, 7) is 1.78. The highest BCUT2D eigenvalue weighted by atomic mass is 32.2. The number of nitrogens with zero attached hydrogens (tertiary/aromatic N) is 2. The molecule has 1 N–H and O–H groups in total. The maximum Gasteiger partial charge on any atom is 0.257 e. The van der Waals surface area contributed by atoms with Crippen molar-refractivity contribution in [3.8, 4) is 0 Å². The lowest BCUT2D eigenvalue weighted by molar-refractivity contribution is -0.113. The fourth-order valence-corrected chi connectivity index (χ4v) is 2.27. The van der Waals surface area contributed by atoms with E-state index < -0.39 is 0 Å². The Morgan fingerprint density at radius 3 is 3.00 bits per heavy atom. The molecule has 0 aliphatic carbocycles. The van der Waals surface area contributed by atoms with Crippen LogP contribution in [0.3, 0.4) is 0 Å². The molecule has 0 unspecified atom stereocenters. The van der Waals surface area contributed by atoms with Gasteiger partial charge in [-0.15, -0.1) is 0 Å². The van der Waals surface area contributed by atoms with E-state index >= 15 is 0 Å². The SMILES string of the molecule is Cc1cc(NC(=O)CSc2nc3ccccc3o2)on1. The largest absolute Gasteiger partial charge is 0.431 e. The molecule has 0 atom stereocenters. The van der Waals surface area contributed by atoms with Gasteiger partial charge in [0.15, 0.2) is 5.58 Å². The summed E-state index contributed by atoms with van der Waals surface area (Å²) in [6.07, 6.45) is 0. The maximum absolute atomic E-state index is 11.7. The lowest BCUT2D eigenvalue weighted by Gasteiger charge is -1.98. The number of aromatic nitrogens is 2. The van der Waals surface area contributed by atoms with Crippen molar-refractivity contribution in [1.82, 2.24) is 10.1 Å². The number of carbonyl (C=O) groups excluding carboxylic acids is 1. The second-order valence-corrected chi connectivity index (χ2v) is 5.04. The number of anilines is 1. The van der Waals surface area contributed by atoms with E-state index in [0.717, 1.165) is 5.52 Å². The third-order valence-electron chi connectivity index (χ3n) is 2.49. The van der Waals surface area contributed by atoms with Crippen molar-refractivity contribution in [3.05, 3.63) is 36.0 Å². The number of fused-ring (bicyclic) bond motifs is 1. The van der Waals surface area contributed by atoms with Crippen LogP contribution in [0.4, 0.5) is 5.88 Å². The number of nitrogens with one attached hydrogen (secondary N) is 1. The summed E-state index contributed by atoms with van der Waals surface area (Å²) in [5, 5.41) is 6.77. The zero-order chi connectivity index (χ0) is 13.9. The van der Waals surface area contributed by atoms with Gasteiger partial charge in [0.25, 0.3) is 5.22 Å². The number of oxazole rings is 1. The van der Waals surface area contributed by atoms with Gasteiger partial charge in [0.05, 0.1) is 11.4 Å². The summed E-state index contributed by atoms with van der Waals surface area (Å²) in [6, 6.07) is 9.12. The molecule has 0 saturated heterocycles. The van der Waals surface area contributed by atoms with Crippen molar-refractivity contribution in [3.63, 3.8) is 0 Å².